The van der Waals surface area contributed by atoms with Gasteiger partial charge in [-0.25, -0.2) is 0 Å². The van der Waals surface area contributed by atoms with E-state index in [1.807, 2.05) is 19.3 Å². The first kappa shape index (κ1) is 7.02. The van der Waals surface area contributed by atoms with Gasteiger partial charge in [-0.05, 0) is 6.07 Å². The number of rotatable bonds is 2. The van der Waals surface area contributed by atoms with Crippen molar-refractivity contribution in [2.24, 2.45) is 12.8 Å². The Kier molecular flexibility index (Phi) is 1.87. The molecule has 0 spiro atoms. The van der Waals surface area contributed by atoms with Gasteiger partial charge in [-0.2, -0.15) is 5.10 Å². The largest absolute Gasteiger partial charge is 0.319 e. The molecule has 0 fully saturated rings. The Morgan fingerprint density at radius 1 is 1.90 bits per heavy atom. The zero-order valence-corrected chi connectivity index (χ0v) is 5.99. The molecule has 3 heteroatoms. The topological polar surface area (TPSA) is 43.8 Å². The van der Waals surface area contributed by atoms with Gasteiger partial charge in [-0.15, -0.1) is 6.58 Å². The standard InChI is InChI=1S/C7H11N3/c1-3-6(8)7-4-5-10(2)9-7/h3-6H,1,8H2,2H3. The van der Waals surface area contributed by atoms with Crippen molar-refractivity contribution in [3.8, 4) is 0 Å². The van der Waals surface area contributed by atoms with Crippen LogP contribution in [0.25, 0.3) is 0 Å². The Balaban J connectivity index is 2.84. The van der Waals surface area contributed by atoms with Crippen LogP contribution < -0.4 is 5.73 Å². The lowest BCUT2D eigenvalue weighted by molar-refractivity contribution is 0.723. The van der Waals surface area contributed by atoms with Crippen molar-refractivity contribution in [2.45, 2.75) is 6.04 Å². The molecule has 54 valence electrons. The molecular formula is C7H11N3. The van der Waals surface area contributed by atoms with Gasteiger partial charge in [0.25, 0.3) is 0 Å². The second-order valence-electron chi connectivity index (χ2n) is 2.18. The minimum absolute atomic E-state index is 0.138. The highest BCUT2D eigenvalue weighted by molar-refractivity contribution is 5.09. The molecule has 1 rings (SSSR count). The molecule has 0 amide bonds. The molecule has 2 N–H and O–H groups in total. The Bertz CT molecular complexity index is 227. The average Bonchev–Trinajstić information content (AvgIpc) is 2.34. The molecule has 1 aromatic heterocycles. The third-order valence-corrected chi connectivity index (χ3v) is 1.33. The fraction of sp³-hybridized carbons (Fsp3) is 0.286. The predicted octanol–water partition coefficient (Wildman–Crippen LogP) is 0.606. The van der Waals surface area contributed by atoms with Crippen molar-refractivity contribution in [2.75, 3.05) is 0 Å². The minimum atomic E-state index is -0.138. The van der Waals surface area contributed by atoms with E-state index < -0.39 is 0 Å². The zero-order valence-electron chi connectivity index (χ0n) is 5.99. The quantitative estimate of drug-likeness (QED) is 0.607. The van der Waals surface area contributed by atoms with Crippen LogP contribution in [0, 0.1) is 0 Å². The summed E-state index contributed by atoms with van der Waals surface area (Å²) in [4.78, 5) is 0. The number of aryl methyl sites for hydroxylation is 1. The summed E-state index contributed by atoms with van der Waals surface area (Å²) in [5.41, 5.74) is 6.47. The summed E-state index contributed by atoms with van der Waals surface area (Å²) < 4.78 is 1.72. The number of hydrogen-bond donors (Lipinski definition) is 1. The van der Waals surface area contributed by atoms with Gasteiger partial charge in [-0.1, -0.05) is 6.08 Å². The first-order chi connectivity index (χ1) is 4.74. The lowest BCUT2D eigenvalue weighted by Gasteiger charge is -1.98. The first-order valence-electron chi connectivity index (χ1n) is 3.11. The molecule has 1 aromatic rings. The minimum Gasteiger partial charge on any atom is -0.319 e. The van der Waals surface area contributed by atoms with Crippen LogP contribution in [0.4, 0.5) is 0 Å². The fourth-order valence-corrected chi connectivity index (χ4v) is 0.732. The summed E-state index contributed by atoms with van der Waals surface area (Å²) in [5, 5.41) is 4.10. The van der Waals surface area contributed by atoms with Crippen LogP contribution >= 0.6 is 0 Å². The number of aromatic nitrogens is 2. The van der Waals surface area contributed by atoms with Crippen LogP contribution in [0.5, 0.6) is 0 Å². The van der Waals surface area contributed by atoms with E-state index >= 15 is 0 Å². The molecule has 3 nitrogen and oxygen atoms in total. The smallest absolute Gasteiger partial charge is 0.0830 e. The van der Waals surface area contributed by atoms with Gasteiger partial charge in [0.05, 0.1) is 11.7 Å². The van der Waals surface area contributed by atoms with Crippen LogP contribution in [0.2, 0.25) is 0 Å². The van der Waals surface area contributed by atoms with E-state index in [1.54, 1.807) is 10.8 Å². The highest BCUT2D eigenvalue weighted by atomic mass is 15.3. The van der Waals surface area contributed by atoms with E-state index in [0.717, 1.165) is 5.69 Å². The van der Waals surface area contributed by atoms with Crippen molar-refractivity contribution in [3.63, 3.8) is 0 Å². The van der Waals surface area contributed by atoms with E-state index in [1.165, 1.54) is 0 Å². The lowest BCUT2D eigenvalue weighted by Crippen LogP contribution is -2.07. The summed E-state index contributed by atoms with van der Waals surface area (Å²) in [7, 11) is 1.86. The third-order valence-electron chi connectivity index (χ3n) is 1.33. The maximum atomic E-state index is 5.61. The van der Waals surface area contributed by atoms with Crippen LogP contribution in [-0.4, -0.2) is 9.78 Å². The Morgan fingerprint density at radius 3 is 3.00 bits per heavy atom. The van der Waals surface area contributed by atoms with Crippen molar-refractivity contribution in [1.29, 1.82) is 0 Å². The van der Waals surface area contributed by atoms with E-state index in [9.17, 15) is 0 Å². The highest BCUT2D eigenvalue weighted by Crippen LogP contribution is 2.05. The predicted molar refractivity (Wildman–Crippen MR) is 40.3 cm³/mol. The molecule has 10 heavy (non-hydrogen) atoms. The van der Waals surface area contributed by atoms with Crippen molar-refractivity contribution >= 4 is 0 Å². The maximum Gasteiger partial charge on any atom is 0.0830 e. The van der Waals surface area contributed by atoms with E-state index in [0.29, 0.717) is 0 Å². The summed E-state index contributed by atoms with van der Waals surface area (Å²) in [6.45, 7) is 3.57. The molecule has 1 atom stereocenters. The SMILES string of the molecule is C=CC(N)c1ccn(C)n1. The van der Waals surface area contributed by atoms with E-state index in [2.05, 4.69) is 11.7 Å². The van der Waals surface area contributed by atoms with Crippen molar-refractivity contribution in [1.82, 2.24) is 9.78 Å². The molecule has 1 heterocycles. The van der Waals surface area contributed by atoms with Gasteiger partial charge in [0.2, 0.25) is 0 Å². The second-order valence-corrected chi connectivity index (χ2v) is 2.18. The molecule has 0 bridgehead atoms. The molecule has 0 saturated heterocycles. The van der Waals surface area contributed by atoms with Gasteiger partial charge in [0, 0.05) is 13.2 Å². The average molecular weight is 137 g/mol. The number of nitrogens with two attached hydrogens (primary N) is 1. The molecule has 0 aromatic carbocycles. The fourth-order valence-electron chi connectivity index (χ4n) is 0.732. The normalized spacial score (nSPS) is 13.0. The molecule has 0 aliphatic rings. The summed E-state index contributed by atoms with van der Waals surface area (Å²) >= 11 is 0. The molecule has 0 saturated carbocycles. The van der Waals surface area contributed by atoms with Gasteiger partial charge >= 0.3 is 0 Å². The van der Waals surface area contributed by atoms with Crippen LogP contribution in [0.1, 0.15) is 11.7 Å². The van der Waals surface area contributed by atoms with E-state index in [4.69, 9.17) is 5.73 Å². The molecule has 1 unspecified atom stereocenters. The van der Waals surface area contributed by atoms with Crippen LogP contribution in [-0.2, 0) is 7.05 Å². The summed E-state index contributed by atoms with van der Waals surface area (Å²) in [5.74, 6) is 0. The van der Waals surface area contributed by atoms with Crippen LogP contribution in [0.15, 0.2) is 24.9 Å². The molecule has 0 aliphatic heterocycles. The zero-order chi connectivity index (χ0) is 7.56. The highest BCUT2D eigenvalue weighted by Gasteiger charge is 2.02. The van der Waals surface area contributed by atoms with Crippen LogP contribution in [0.3, 0.4) is 0 Å². The summed E-state index contributed by atoms with van der Waals surface area (Å²) in [6.07, 6.45) is 3.53. The molecule has 0 radical (unpaired) electrons. The Morgan fingerprint density at radius 2 is 2.60 bits per heavy atom. The van der Waals surface area contributed by atoms with Gasteiger partial charge in [0.15, 0.2) is 0 Å². The monoisotopic (exact) mass is 137 g/mol. The molecule has 0 aliphatic carbocycles. The lowest BCUT2D eigenvalue weighted by atomic mass is 10.2. The van der Waals surface area contributed by atoms with Gasteiger partial charge < -0.3 is 5.73 Å². The maximum absolute atomic E-state index is 5.61. The number of nitrogens with zero attached hydrogens (tertiary/aromatic N) is 2. The number of hydrogen-bond acceptors (Lipinski definition) is 2. The van der Waals surface area contributed by atoms with E-state index in [-0.39, 0.29) is 6.04 Å². The van der Waals surface area contributed by atoms with Crippen molar-refractivity contribution in [3.05, 3.63) is 30.6 Å². The Hall–Kier alpha value is -1.09. The Labute approximate surface area is 60.1 Å². The third kappa shape index (κ3) is 1.25. The summed E-state index contributed by atoms with van der Waals surface area (Å²) in [6, 6.07) is 1.74. The second kappa shape index (κ2) is 2.66. The van der Waals surface area contributed by atoms with Crippen molar-refractivity contribution < 1.29 is 0 Å². The van der Waals surface area contributed by atoms with Gasteiger partial charge in [-0.3, -0.25) is 4.68 Å². The first-order valence-corrected chi connectivity index (χ1v) is 3.11. The van der Waals surface area contributed by atoms with Gasteiger partial charge in [0.1, 0.15) is 0 Å². The molecular weight excluding hydrogens is 126 g/mol.